The van der Waals surface area contributed by atoms with Crippen LogP contribution in [0.3, 0.4) is 0 Å². The van der Waals surface area contributed by atoms with Gasteiger partial charge in [0.1, 0.15) is 36.8 Å². The van der Waals surface area contributed by atoms with Crippen LogP contribution in [0.2, 0.25) is 0 Å². The Morgan fingerprint density at radius 2 is 2.06 bits per heavy atom. The monoisotopic (exact) mass is 640 g/mol. The predicted molar refractivity (Wildman–Crippen MR) is 135 cm³/mol. The van der Waals surface area contributed by atoms with Crippen molar-refractivity contribution in [2.24, 2.45) is 0 Å². The van der Waals surface area contributed by atoms with Crippen molar-refractivity contribution in [1.82, 2.24) is 19.5 Å². The fourth-order valence-corrected chi connectivity index (χ4v) is 6.20. The number of aliphatic hydroxyl groups is 2. The Morgan fingerprint density at radius 1 is 1.25 bits per heavy atom. The number of fused-ring (bicyclic) bond motifs is 2. The quantitative estimate of drug-likeness (QED) is 0.182. The second kappa shape index (κ2) is 10.2. The van der Waals surface area contributed by atoms with Gasteiger partial charge in [0, 0.05) is 28.1 Å². The zero-order valence-electron chi connectivity index (χ0n) is 18.5. The molecule has 2 N–H and O–H groups in total. The summed E-state index contributed by atoms with van der Waals surface area (Å²) in [6.45, 7) is 1.02. The number of aromatic nitrogens is 4. The molecule has 11 nitrogen and oxygen atoms in total. The molecule has 1 aromatic carbocycles. The van der Waals surface area contributed by atoms with Crippen LogP contribution in [0.25, 0.3) is 22.1 Å². The van der Waals surface area contributed by atoms with Gasteiger partial charge in [0.15, 0.2) is 22.6 Å². The molecule has 4 atom stereocenters. The lowest BCUT2D eigenvalue weighted by Crippen LogP contribution is -2.34. The van der Waals surface area contributed by atoms with Crippen LogP contribution in [-0.4, -0.2) is 60.6 Å². The first-order valence-electron chi connectivity index (χ1n) is 10.6. The fourth-order valence-electron chi connectivity index (χ4n) is 3.88. The molecule has 188 valence electrons. The third-order valence-corrected chi connectivity index (χ3v) is 7.59. The molecule has 14 heteroatoms. The van der Waals surface area contributed by atoms with Gasteiger partial charge in [-0.3, -0.25) is 9.36 Å². The van der Waals surface area contributed by atoms with Gasteiger partial charge in [0.25, 0.3) is 0 Å². The molecular formula is C22H18Br2N4O7S. The van der Waals surface area contributed by atoms with E-state index in [0.29, 0.717) is 31.9 Å². The van der Waals surface area contributed by atoms with Crippen LogP contribution in [0.4, 0.5) is 0 Å². The van der Waals surface area contributed by atoms with Crippen molar-refractivity contribution >= 4 is 71.7 Å². The first-order valence-corrected chi connectivity index (χ1v) is 13.2. The van der Waals surface area contributed by atoms with E-state index in [4.69, 9.17) is 13.9 Å². The first-order chi connectivity index (χ1) is 17.2. The number of aliphatic hydroxyl groups excluding tert-OH is 2. The molecular weight excluding hydrogens is 624 g/mol. The normalized spacial score (nSPS) is 21.9. The molecule has 4 heterocycles. The number of hydrogen-bond donors (Lipinski definition) is 2. The van der Waals surface area contributed by atoms with E-state index in [1.54, 1.807) is 16.7 Å². The average Bonchev–Trinajstić information content (AvgIpc) is 3.33. The number of rotatable bonds is 6. The van der Waals surface area contributed by atoms with Crippen LogP contribution in [0, 0.1) is 0 Å². The number of hydrogen-bond acceptors (Lipinski definition) is 11. The maximum Gasteiger partial charge on any atom is 0.340 e. The van der Waals surface area contributed by atoms with Gasteiger partial charge in [-0.25, -0.2) is 19.7 Å². The Bertz CT molecular complexity index is 1530. The average molecular weight is 642 g/mol. The van der Waals surface area contributed by atoms with Crippen molar-refractivity contribution in [1.29, 1.82) is 0 Å². The summed E-state index contributed by atoms with van der Waals surface area (Å²) in [4.78, 5) is 36.7. The third kappa shape index (κ3) is 4.80. The molecule has 0 radical (unpaired) electrons. The van der Waals surface area contributed by atoms with Crippen molar-refractivity contribution in [3.05, 3.63) is 55.7 Å². The summed E-state index contributed by atoms with van der Waals surface area (Å²) in [6.07, 6.45) is -1.83. The SMILES string of the molecule is CC(=O)OC[C@H]1O[C@@H](n2c(SCc3cc4cc(Br)cc(Br)c4oc3=O)nc3cncnc32)[C@H](O)[C@@H]1O. The third-order valence-electron chi connectivity index (χ3n) is 5.55. The van der Waals surface area contributed by atoms with Crippen LogP contribution < -0.4 is 5.63 Å². The minimum absolute atomic E-state index is 0.196. The topological polar surface area (TPSA) is 150 Å². The molecule has 5 rings (SSSR count). The maximum absolute atomic E-state index is 12.7. The molecule has 0 aliphatic carbocycles. The van der Waals surface area contributed by atoms with Gasteiger partial charge in [-0.2, -0.15) is 0 Å². The minimum Gasteiger partial charge on any atom is -0.463 e. The van der Waals surface area contributed by atoms with Crippen molar-refractivity contribution in [2.75, 3.05) is 6.61 Å². The molecule has 1 aliphatic rings. The number of thioether (sulfide) groups is 1. The van der Waals surface area contributed by atoms with Gasteiger partial charge >= 0.3 is 11.6 Å². The highest BCUT2D eigenvalue weighted by Gasteiger charge is 2.45. The van der Waals surface area contributed by atoms with Crippen LogP contribution in [-0.2, 0) is 20.0 Å². The summed E-state index contributed by atoms with van der Waals surface area (Å²) in [5.41, 5.74) is 1.16. The molecule has 1 aliphatic heterocycles. The minimum atomic E-state index is -1.35. The van der Waals surface area contributed by atoms with E-state index in [-0.39, 0.29) is 12.4 Å². The van der Waals surface area contributed by atoms with Crippen LogP contribution in [0.1, 0.15) is 18.7 Å². The Morgan fingerprint density at radius 3 is 2.83 bits per heavy atom. The Labute approximate surface area is 224 Å². The van der Waals surface area contributed by atoms with E-state index < -0.39 is 36.1 Å². The highest BCUT2D eigenvalue weighted by molar-refractivity contribution is 9.11. The Balaban J connectivity index is 1.48. The number of carbonyl (C=O) groups is 1. The number of nitrogens with zero attached hydrogens (tertiary/aromatic N) is 4. The van der Waals surface area contributed by atoms with Gasteiger partial charge in [-0.15, -0.1) is 0 Å². The predicted octanol–water partition coefficient (Wildman–Crippen LogP) is 2.93. The molecule has 0 bridgehead atoms. The van der Waals surface area contributed by atoms with Gasteiger partial charge in [-0.1, -0.05) is 27.7 Å². The molecule has 4 aromatic rings. The van der Waals surface area contributed by atoms with Gasteiger partial charge in [0.05, 0.1) is 10.7 Å². The highest BCUT2D eigenvalue weighted by atomic mass is 79.9. The number of halogens is 2. The van der Waals surface area contributed by atoms with Crippen LogP contribution >= 0.6 is 43.6 Å². The van der Waals surface area contributed by atoms with E-state index in [1.165, 1.54) is 31.2 Å². The smallest absolute Gasteiger partial charge is 0.340 e. The molecule has 0 spiro atoms. The first kappa shape index (κ1) is 25.3. The lowest BCUT2D eigenvalue weighted by atomic mass is 10.1. The standard InChI is InChI=1S/C22H18Br2N4O7S/c1-9(29)33-6-15-16(30)17(31)20(34-15)28-19-14(5-25-8-26-19)27-22(28)36-7-11-2-10-3-12(23)4-13(24)18(10)35-21(11)32/h2-5,8,15-17,20,30-31H,6-7H2,1H3/t15-,16-,17-,20-/m1/s1. The van der Waals surface area contributed by atoms with E-state index in [2.05, 4.69) is 46.8 Å². The van der Waals surface area contributed by atoms with E-state index in [9.17, 15) is 19.8 Å². The lowest BCUT2D eigenvalue weighted by molar-refractivity contribution is -0.147. The van der Waals surface area contributed by atoms with E-state index in [0.717, 1.165) is 9.86 Å². The summed E-state index contributed by atoms with van der Waals surface area (Å²) in [5, 5.41) is 22.4. The van der Waals surface area contributed by atoms with Gasteiger partial charge < -0.3 is 24.1 Å². The molecule has 3 aromatic heterocycles. The second-order valence-corrected chi connectivity index (χ2v) is 10.7. The molecule has 0 amide bonds. The van der Waals surface area contributed by atoms with Gasteiger partial charge in [0.2, 0.25) is 0 Å². The highest BCUT2D eigenvalue weighted by Crippen LogP contribution is 2.36. The Hall–Kier alpha value is -2.36. The van der Waals surface area contributed by atoms with Crippen LogP contribution in [0.5, 0.6) is 0 Å². The summed E-state index contributed by atoms with van der Waals surface area (Å²) in [7, 11) is 0. The van der Waals surface area contributed by atoms with Crippen molar-refractivity contribution in [2.45, 2.75) is 42.4 Å². The number of imidazole rings is 1. The summed E-state index contributed by atoms with van der Waals surface area (Å²) in [6, 6.07) is 5.38. The maximum atomic E-state index is 12.7. The number of esters is 1. The summed E-state index contributed by atoms with van der Waals surface area (Å²) in [5.74, 6) is -0.337. The zero-order valence-corrected chi connectivity index (χ0v) is 22.5. The summed E-state index contributed by atoms with van der Waals surface area (Å²) < 4.78 is 19.4. The summed E-state index contributed by atoms with van der Waals surface area (Å²) >= 11 is 8.05. The molecule has 0 unspecified atom stereocenters. The van der Waals surface area contributed by atoms with E-state index in [1.807, 2.05) is 6.07 Å². The van der Waals surface area contributed by atoms with Crippen molar-refractivity contribution in [3.63, 3.8) is 0 Å². The number of benzene rings is 1. The Kier molecular flexibility index (Phi) is 7.16. The van der Waals surface area contributed by atoms with Crippen molar-refractivity contribution < 1.29 is 28.9 Å². The fraction of sp³-hybridized carbons (Fsp3) is 0.318. The zero-order chi connectivity index (χ0) is 25.6. The molecule has 0 saturated carbocycles. The molecule has 1 fully saturated rings. The number of carbonyl (C=O) groups excluding carboxylic acids is 1. The largest absolute Gasteiger partial charge is 0.463 e. The second-order valence-electron chi connectivity index (χ2n) is 8.00. The van der Waals surface area contributed by atoms with Crippen LogP contribution in [0.15, 0.2) is 54.0 Å². The van der Waals surface area contributed by atoms with Gasteiger partial charge in [-0.05, 0) is 34.1 Å². The molecule has 36 heavy (non-hydrogen) atoms. The lowest BCUT2D eigenvalue weighted by Gasteiger charge is -2.19. The van der Waals surface area contributed by atoms with E-state index >= 15 is 0 Å². The number of ether oxygens (including phenoxy) is 2. The molecule has 1 saturated heterocycles. The van der Waals surface area contributed by atoms with Crippen molar-refractivity contribution in [3.8, 4) is 0 Å².